The highest BCUT2D eigenvalue weighted by atomic mass is 16.5. The van der Waals surface area contributed by atoms with Gasteiger partial charge in [0.05, 0.1) is 23.1 Å². The summed E-state index contributed by atoms with van der Waals surface area (Å²) in [6.07, 6.45) is 7.00. The van der Waals surface area contributed by atoms with Gasteiger partial charge in [-0.3, -0.25) is 4.98 Å². The number of aliphatic hydroxyl groups is 1. The molecule has 2 aromatic heterocycles. The molecule has 0 saturated heterocycles. The highest BCUT2D eigenvalue weighted by Gasteiger charge is 2.35. The van der Waals surface area contributed by atoms with Gasteiger partial charge in [0.1, 0.15) is 0 Å². The van der Waals surface area contributed by atoms with E-state index in [1.807, 2.05) is 32.2 Å². The lowest BCUT2D eigenvalue weighted by atomic mass is 9.84. The number of pyridine rings is 1. The molecule has 1 radical (unpaired) electrons. The summed E-state index contributed by atoms with van der Waals surface area (Å²) in [7, 11) is 1.61. The summed E-state index contributed by atoms with van der Waals surface area (Å²) in [5, 5.41) is 14.3. The number of hydrogen-bond acceptors (Lipinski definition) is 4. The SMILES string of the molecule is CC(C)(O)C(C)(C)O[B]c1cnn(-c2cccnc2)c1. The summed E-state index contributed by atoms with van der Waals surface area (Å²) in [5.41, 5.74) is 0.0757. The highest BCUT2D eigenvalue weighted by Crippen LogP contribution is 2.24. The molecule has 20 heavy (non-hydrogen) atoms. The van der Waals surface area contributed by atoms with Crippen molar-refractivity contribution in [2.24, 2.45) is 0 Å². The maximum atomic E-state index is 10.0. The molecule has 0 atom stereocenters. The van der Waals surface area contributed by atoms with E-state index >= 15 is 0 Å². The summed E-state index contributed by atoms with van der Waals surface area (Å²) in [5.74, 6) is 0. The second kappa shape index (κ2) is 5.38. The fourth-order valence-electron chi connectivity index (χ4n) is 1.39. The predicted molar refractivity (Wildman–Crippen MR) is 78.2 cm³/mol. The van der Waals surface area contributed by atoms with Crippen molar-refractivity contribution in [2.75, 3.05) is 0 Å². The second-order valence-electron chi connectivity index (χ2n) is 5.73. The molecule has 1 N–H and O–H groups in total. The van der Waals surface area contributed by atoms with Crippen LogP contribution in [0.4, 0.5) is 0 Å². The maximum Gasteiger partial charge on any atom is 0.334 e. The van der Waals surface area contributed by atoms with Gasteiger partial charge in [-0.25, -0.2) is 4.68 Å². The van der Waals surface area contributed by atoms with E-state index in [4.69, 9.17) is 4.65 Å². The molecular formula is C14H19BN3O2. The van der Waals surface area contributed by atoms with Gasteiger partial charge in [0.2, 0.25) is 0 Å². The smallest absolute Gasteiger partial charge is 0.334 e. The first-order chi connectivity index (χ1) is 9.29. The third kappa shape index (κ3) is 3.26. The van der Waals surface area contributed by atoms with Gasteiger partial charge in [0, 0.05) is 18.6 Å². The van der Waals surface area contributed by atoms with E-state index in [0.29, 0.717) is 0 Å². The topological polar surface area (TPSA) is 60.2 Å². The number of hydrogen-bond donors (Lipinski definition) is 1. The fourth-order valence-corrected chi connectivity index (χ4v) is 1.39. The molecule has 0 amide bonds. The van der Waals surface area contributed by atoms with Crippen LogP contribution in [-0.4, -0.2) is 38.6 Å². The molecule has 105 valence electrons. The molecule has 2 aromatic rings. The van der Waals surface area contributed by atoms with Gasteiger partial charge >= 0.3 is 7.48 Å². The van der Waals surface area contributed by atoms with Crippen molar-refractivity contribution < 1.29 is 9.76 Å². The van der Waals surface area contributed by atoms with E-state index in [9.17, 15) is 5.11 Å². The monoisotopic (exact) mass is 272 g/mol. The van der Waals surface area contributed by atoms with Crippen molar-refractivity contribution in [3.8, 4) is 5.69 Å². The van der Waals surface area contributed by atoms with E-state index in [2.05, 4.69) is 10.1 Å². The van der Waals surface area contributed by atoms with Crippen LogP contribution in [0.25, 0.3) is 5.69 Å². The molecule has 2 heterocycles. The Hall–Kier alpha value is -1.66. The first kappa shape index (κ1) is 14.7. The molecule has 5 nitrogen and oxygen atoms in total. The summed E-state index contributed by atoms with van der Waals surface area (Å²) >= 11 is 0. The van der Waals surface area contributed by atoms with Gasteiger partial charge in [-0.15, -0.1) is 0 Å². The Morgan fingerprint density at radius 2 is 2.00 bits per heavy atom. The van der Waals surface area contributed by atoms with Crippen LogP contribution in [0.15, 0.2) is 36.9 Å². The van der Waals surface area contributed by atoms with Crippen molar-refractivity contribution in [2.45, 2.75) is 38.9 Å². The average Bonchev–Trinajstić information content (AvgIpc) is 2.85. The standard InChI is InChI=1S/C14H19BN3O2/c1-13(2,19)14(3,4)20-15-11-8-17-18(10-11)12-6-5-7-16-9-12/h5-10,19H,1-4H3. The zero-order chi connectivity index (χ0) is 14.8. The van der Waals surface area contributed by atoms with Gasteiger partial charge in [0.25, 0.3) is 0 Å². The van der Waals surface area contributed by atoms with Crippen molar-refractivity contribution in [1.82, 2.24) is 14.8 Å². The fraction of sp³-hybridized carbons (Fsp3) is 0.429. The summed E-state index contributed by atoms with van der Waals surface area (Å²) < 4.78 is 7.41. The number of aromatic nitrogens is 3. The van der Waals surface area contributed by atoms with Gasteiger partial charge in [-0.2, -0.15) is 5.10 Å². The predicted octanol–water partition coefficient (Wildman–Crippen LogP) is 1.08. The van der Waals surface area contributed by atoms with Crippen LogP contribution in [0.3, 0.4) is 0 Å². The van der Waals surface area contributed by atoms with Gasteiger partial charge in [-0.05, 0) is 45.3 Å². The maximum absolute atomic E-state index is 10.0. The van der Waals surface area contributed by atoms with Crippen molar-refractivity contribution in [1.29, 1.82) is 0 Å². The van der Waals surface area contributed by atoms with Crippen LogP contribution < -0.4 is 5.46 Å². The Balaban J connectivity index is 2.04. The minimum absolute atomic E-state index is 0.691. The molecule has 2 rings (SSSR count). The molecule has 0 aliphatic carbocycles. The molecule has 0 fully saturated rings. The molecule has 0 spiro atoms. The van der Waals surface area contributed by atoms with E-state index in [1.54, 1.807) is 44.6 Å². The Morgan fingerprint density at radius 3 is 2.60 bits per heavy atom. The second-order valence-corrected chi connectivity index (χ2v) is 5.73. The zero-order valence-corrected chi connectivity index (χ0v) is 12.2. The largest absolute Gasteiger partial charge is 0.427 e. The quantitative estimate of drug-likeness (QED) is 0.827. The minimum atomic E-state index is -0.942. The van der Waals surface area contributed by atoms with E-state index in [1.165, 1.54) is 0 Å². The molecule has 0 saturated carbocycles. The first-order valence-corrected chi connectivity index (χ1v) is 6.48. The Bertz CT molecular complexity index is 561. The highest BCUT2D eigenvalue weighted by molar-refractivity contribution is 6.46. The van der Waals surface area contributed by atoms with E-state index < -0.39 is 11.2 Å². The molecule has 0 aliphatic rings. The van der Waals surface area contributed by atoms with Crippen molar-refractivity contribution in [3.05, 3.63) is 36.9 Å². The Morgan fingerprint density at radius 1 is 1.25 bits per heavy atom. The molecular weight excluding hydrogens is 253 g/mol. The van der Waals surface area contributed by atoms with Gasteiger partial charge < -0.3 is 9.76 Å². The molecule has 0 bridgehead atoms. The van der Waals surface area contributed by atoms with E-state index in [-0.39, 0.29) is 0 Å². The average molecular weight is 272 g/mol. The van der Waals surface area contributed by atoms with Crippen LogP contribution in [0.1, 0.15) is 27.7 Å². The van der Waals surface area contributed by atoms with Crippen molar-refractivity contribution >= 4 is 12.9 Å². The zero-order valence-electron chi connectivity index (χ0n) is 12.2. The third-order valence-corrected chi connectivity index (χ3v) is 3.48. The van der Waals surface area contributed by atoms with Crippen molar-refractivity contribution in [3.63, 3.8) is 0 Å². The first-order valence-electron chi connectivity index (χ1n) is 6.48. The Kier molecular flexibility index (Phi) is 3.97. The number of nitrogens with zero attached hydrogens (tertiary/aromatic N) is 3. The normalized spacial score (nSPS) is 12.4. The van der Waals surface area contributed by atoms with Crippen LogP contribution in [0.2, 0.25) is 0 Å². The Labute approximate surface area is 119 Å². The van der Waals surface area contributed by atoms with E-state index in [0.717, 1.165) is 11.2 Å². The summed E-state index contributed by atoms with van der Waals surface area (Å²) in [6, 6.07) is 3.78. The lowest BCUT2D eigenvalue weighted by Gasteiger charge is -2.37. The van der Waals surface area contributed by atoms with Gasteiger partial charge in [0.15, 0.2) is 0 Å². The molecule has 6 heteroatoms. The third-order valence-electron chi connectivity index (χ3n) is 3.48. The number of rotatable bonds is 5. The lowest BCUT2D eigenvalue weighted by molar-refractivity contribution is -0.0893. The van der Waals surface area contributed by atoms with Crippen LogP contribution >= 0.6 is 0 Å². The molecule has 0 aliphatic heterocycles. The van der Waals surface area contributed by atoms with Crippen LogP contribution in [0.5, 0.6) is 0 Å². The summed E-state index contributed by atoms with van der Waals surface area (Å²) in [4.78, 5) is 4.05. The molecule has 0 unspecified atom stereocenters. The summed E-state index contributed by atoms with van der Waals surface area (Å²) in [6.45, 7) is 7.13. The minimum Gasteiger partial charge on any atom is -0.427 e. The van der Waals surface area contributed by atoms with Crippen LogP contribution in [-0.2, 0) is 4.65 Å². The van der Waals surface area contributed by atoms with Crippen LogP contribution in [0, 0.1) is 0 Å². The molecule has 0 aromatic carbocycles. The van der Waals surface area contributed by atoms with Gasteiger partial charge in [-0.1, -0.05) is 0 Å². The lowest BCUT2D eigenvalue weighted by Crippen LogP contribution is -2.49.